The van der Waals surface area contributed by atoms with E-state index < -0.39 is 0 Å². The molecule has 0 unspecified atom stereocenters. The molecule has 162 valence electrons. The van der Waals surface area contributed by atoms with E-state index in [9.17, 15) is 9.59 Å². The zero-order valence-electron chi connectivity index (χ0n) is 17.0. The number of rotatable bonds is 8. The van der Waals surface area contributed by atoms with E-state index in [0.717, 1.165) is 16.3 Å². The molecule has 8 nitrogen and oxygen atoms in total. The maximum Gasteiger partial charge on any atom is 0.254 e. The molecule has 0 atom stereocenters. The lowest BCUT2D eigenvalue weighted by Crippen LogP contribution is -2.39. The molecular formula is C22H20N6O2S2. The summed E-state index contributed by atoms with van der Waals surface area (Å²) >= 11 is 2.90. The molecule has 3 heterocycles. The summed E-state index contributed by atoms with van der Waals surface area (Å²) in [4.78, 5) is 39.7. The summed E-state index contributed by atoms with van der Waals surface area (Å²) < 4.78 is 0. The summed E-state index contributed by atoms with van der Waals surface area (Å²) in [6, 6.07) is 10.6. The van der Waals surface area contributed by atoms with Crippen LogP contribution >= 0.6 is 22.7 Å². The van der Waals surface area contributed by atoms with Crippen molar-refractivity contribution in [2.24, 2.45) is 0 Å². The van der Waals surface area contributed by atoms with Gasteiger partial charge in [-0.2, -0.15) is 0 Å². The molecule has 32 heavy (non-hydrogen) atoms. The number of hydrogen-bond acceptors (Lipinski definition) is 8. The van der Waals surface area contributed by atoms with E-state index in [1.165, 1.54) is 27.6 Å². The number of carbonyl (C=O) groups excluding carboxylic acids is 2. The molecule has 2 amide bonds. The fourth-order valence-corrected chi connectivity index (χ4v) is 4.24. The van der Waals surface area contributed by atoms with Crippen molar-refractivity contribution in [1.82, 2.24) is 19.9 Å². The number of nitrogens with two attached hydrogens (primary N) is 1. The summed E-state index contributed by atoms with van der Waals surface area (Å²) in [6.07, 6.45) is 5.42. The maximum atomic E-state index is 13.0. The van der Waals surface area contributed by atoms with Crippen LogP contribution in [0.25, 0.3) is 11.3 Å². The predicted octanol–water partition coefficient (Wildman–Crippen LogP) is 3.57. The number of aromatic nitrogens is 3. The van der Waals surface area contributed by atoms with Gasteiger partial charge in [0.25, 0.3) is 5.91 Å². The highest BCUT2D eigenvalue weighted by Gasteiger charge is 2.19. The van der Waals surface area contributed by atoms with Gasteiger partial charge in [-0.05, 0) is 24.3 Å². The lowest BCUT2D eigenvalue weighted by atomic mass is 10.1. The molecule has 0 saturated heterocycles. The second-order valence-corrected chi connectivity index (χ2v) is 8.70. The SMILES string of the molecule is Nc1nc(-c2ccc(NC(=O)CN(CCc3nccs3)C(=O)c3ccncc3)cc2)cs1. The zero-order chi connectivity index (χ0) is 22.3. The minimum absolute atomic E-state index is 0.0725. The van der Waals surface area contributed by atoms with E-state index in [0.29, 0.717) is 29.3 Å². The predicted molar refractivity (Wildman–Crippen MR) is 127 cm³/mol. The van der Waals surface area contributed by atoms with Crippen molar-refractivity contribution in [3.63, 3.8) is 0 Å². The minimum atomic E-state index is -0.280. The van der Waals surface area contributed by atoms with Crippen LogP contribution in [0.15, 0.2) is 65.7 Å². The van der Waals surface area contributed by atoms with Crippen molar-refractivity contribution in [3.8, 4) is 11.3 Å². The first-order valence-electron chi connectivity index (χ1n) is 9.77. The fourth-order valence-electron chi connectivity index (χ4n) is 3.05. The lowest BCUT2D eigenvalue weighted by molar-refractivity contribution is -0.116. The van der Waals surface area contributed by atoms with E-state index >= 15 is 0 Å². The number of anilines is 2. The molecule has 0 radical (unpaired) electrons. The molecule has 3 N–H and O–H groups in total. The smallest absolute Gasteiger partial charge is 0.254 e. The summed E-state index contributed by atoms with van der Waals surface area (Å²) in [5.41, 5.74) is 8.52. The van der Waals surface area contributed by atoms with Crippen LogP contribution in [-0.4, -0.2) is 44.8 Å². The number of benzene rings is 1. The van der Waals surface area contributed by atoms with Gasteiger partial charge in [0.15, 0.2) is 5.13 Å². The van der Waals surface area contributed by atoms with Crippen LogP contribution < -0.4 is 11.1 Å². The van der Waals surface area contributed by atoms with E-state index in [1.807, 2.05) is 22.9 Å². The number of pyridine rings is 1. The molecule has 0 aliphatic carbocycles. The second kappa shape index (κ2) is 10.1. The highest BCUT2D eigenvalue weighted by atomic mass is 32.1. The molecule has 0 bridgehead atoms. The van der Waals surface area contributed by atoms with Gasteiger partial charge in [0.2, 0.25) is 5.91 Å². The average molecular weight is 465 g/mol. The Kier molecular flexibility index (Phi) is 6.83. The Bertz CT molecular complexity index is 1180. The summed E-state index contributed by atoms with van der Waals surface area (Å²) in [5.74, 6) is -0.507. The molecule has 0 aliphatic heterocycles. The summed E-state index contributed by atoms with van der Waals surface area (Å²) in [6.45, 7) is 0.309. The Morgan fingerprint density at radius 2 is 1.81 bits per heavy atom. The summed E-state index contributed by atoms with van der Waals surface area (Å²) in [7, 11) is 0. The van der Waals surface area contributed by atoms with Crippen molar-refractivity contribution in [2.75, 3.05) is 24.1 Å². The normalized spacial score (nSPS) is 10.6. The Hall–Kier alpha value is -3.63. The first-order valence-corrected chi connectivity index (χ1v) is 11.5. The van der Waals surface area contributed by atoms with Gasteiger partial charge >= 0.3 is 0 Å². The molecule has 4 rings (SSSR count). The maximum absolute atomic E-state index is 13.0. The van der Waals surface area contributed by atoms with Crippen LogP contribution in [0.1, 0.15) is 15.4 Å². The van der Waals surface area contributed by atoms with E-state index in [4.69, 9.17) is 5.73 Å². The number of nitrogens with zero attached hydrogens (tertiary/aromatic N) is 4. The van der Waals surface area contributed by atoms with Crippen molar-refractivity contribution in [2.45, 2.75) is 6.42 Å². The van der Waals surface area contributed by atoms with Gasteiger partial charge in [-0.25, -0.2) is 9.97 Å². The molecule has 3 aromatic heterocycles. The van der Waals surface area contributed by atoms with Crippen molar-refractivity contribution < 1.29 is 9.59 Å². The second-order valence-electron chi connectivity index (χ2n) is 6.83. The number of amides is 2. The van der Waals surface area contributed by atoms with Crippen LogP contribution in [-0.2, 0) is 11.2 Å². The first-order chi connectivity index (χ1) is 15.6. The van der Waals surface area contributed by atoms with Crippen LogP contribution in [0.2, 0.25) is 0 Å². The highest BCUT2D eigenvalue weighted by Crippen LogP contribution is 2.24. The third-order valence-electron chi connectivity index (χ3n) is 4.61. The average Bonchev–Trinajstić information content (AvgIpc) is 3.49. The fraction of sp³-hybridized carbons (Fsp3) is 0.136. The zero-order valence-corrected chi connectivity index (χ0v) is 18.6. The molecule has 4 aromatic rings. The van der Waals surface area contributed by atoms with Crippen molar-refractivity contribution in [1.29, 1.82) is 0 Å². The third kappa shape index (κ3) is 5.54. The van der Waals surface area contributed by atoms with E-state index in [2.05, 4.69) is 20.3 Å². The Labute approximate surface area is 192 Å². The Morgan fingerprint density at radius 3 is 2.47 bits per heavy atom. The van der Waals surface area contributed by atoms with Gasteiger partial charge in [-0.1, -0.05) is 12.1 Å². The number of hydrogen-bond donors (Lipinski definition) is 2. The lowest BCUT2D eigenvalue weighted by Gasteiger charge is -2.22. The molecule has 1 aromatic carbocycles. The number of thiazole rings is 2. The monoisotopic (exact) mass is 464 g/mol. The molecule has 0 fully saturated rings. The Balaban J connectivity index is 1.42. The molecule has 10 heteroatoms. The van der Waals surface area contributed by atoms with Crippen LogP contribution in [0.3, 0.4) is 0 Å². The van der Waals surface area contributed by atoms with Gasteiger partial charge in [0.1, 0.15) is 6.54 Å². The van der Waals surface area contributed by atoms with Crippen LogP contribution in [0.4, 0.5) is 10.8 Å². The first kappa shape index (κ1) is 21.6. The van der Waals surface area contributed by atoms with Crippen LogP contribution in [0, 0.1) is 0 Å². The molecule has 0 spiro atoms. The van der Waals surface area contributed by atoms with Gasteiger partial charge < -0.3 is 16.0 Å². The Morgan fingerprint density at radius 1 is 1.03 bits per heavy atom. The topological polar surface area (TPSA) is 114 Å². The molecule has 0 saturated carbocycles. The number of carbonyl (C=O) groups is 2. The van der Waals surface area contributed by atoms with Gasteiger partial charge in [0, 0.05) is 59.1 Å². The van der Waals surface area contributed by atoms with E-state index in [1.54, 1.807) is 42.9 Å². The number of nitrogens with one attached hydrogen (secondary N) is 1. The van der Waals surface area contributed by atoms with Gasteiger partial charge in [-0.3, -0.25) is 14.6 Å². The minimum Gasteiger partial charge on any atom is -0.375 e. The molecular weight excluding hydrogens is 444 g/mol. The van der Waals surface area contributed by atoms with E-state index in [-0.39, 0.29) is 18.4 Å². The largest absolute Gasteiger partial charge is 0.375 e. The van der Waals surface area contributed by atoms with Gasteiger partial charge in [-0.15, -0.1) is 22.7 Å². The standard InChI is InChI=1S/C22H20N6O2S2/c23-22-27-18(14-32-22)15-1-3-17(4-2-15)26-19(29)13-28(11-7-20-25-10-12-31-20)21(30)16-5-8-24-9-6-16/h1-6,8-10,12,14H,7,11,13H2,(H2,23,27)(H,26,29). The van der Waals surface area contributed by atoms with Crippen molar-refractivity contribution in [3.05, 3.63) is 76.3 Å². The van der Waals surface area contributed by atoms with Crippen LogP contribution in [0.5, 0.6) is 0 Å². The molecule has 0 aliphatic rings. The van der Waals surface area contributed by atoms with Crippen molar-refractivity contribution >= 4 is 45.3 Å². The quantitative estimate of drug-likeness (QED) is 0.412. The van der Waals surface area contributed by atoms with Gasteiger partial charge in [0.05, 0.1) is 10.7 Å². The highest BCUT2D eigenvalue weighted by molar-refractivity contribution is 7.13. The third-order valence-corrected chi connectivity index (χ3v) is 6.13. The summed E-state index contributed by atoms with van der Waals surface area (Å²) in [5, 5.41) is 8.05. The number of nitrogen functional groups attached to an aromatic ring is 1.